The van der Waals surface area contributed by atoms with Gasteiger partial charge in [0.15, 0.2) is 11.5 Å². The Balaban J connectivity index is 0.00000341. The summed E-state index contributed by atoms with van der Waals surface area (Å²) >= 11 is 5.90. The predicted molar refractivity (Wildman–Crippen MR) is 119 cm³/mol. The third kappa shape index (κ3) is 7.02. The predicted octanol–water partition coefficient (Wildman–Crippen LogP) is 2.83. The van der Waals surface area contributed by atoms with Crippen LogP contribution in [-0.2, 0) is 13.2 Å². The van der Waals surface area contributed by atoms with Crippen molar-refractivity contribution in [1.82, 2.24) is 20.9 Å². The number of nitrogen functional groups attached to an aromatic ring is 1. The Hall–Kier alpha value is -3.01. The van der Waals surface area contributed by atoms with Gasteiger partial charge in [-0.3, -0.25) is 4.79 Å². The lowest BCUT2D eigenvalue weighted by Gasteiger charge is -2.13. The van der Waals surface area contributed by atoms with E-state index in [4.69, 9.17) is 26.8 Å². The van der Waals surface area contributed by atoms with Gasteiger partial charge in [-0.2, -0.15) is 0 Å². The van der Waals surface area contributed by atoms with Crippen LogP contribution < -0.4 is 25.8 Å². The number of aromatic nitrogens is 2. The van der Waals surface area contributed by atoms with Gasteiger partial charge in [-0.25, -0.2) is 4.63 Å². The van der Waals surface area contributed by atoms with Crippen LogP contribution in [0.2, 0.25) is 5.02 Å². The Labute approximate surface area is 190 Å². The van der Waals surface area contributed by atoms with E-state index in [1.165, 1.54) is 0 Å². The minimum atomic E-state index is -0.431. The molecule has 0 aliphatic carbocycles. The number of methoxy groups -OCH3 is 1. The first-order valence-electron chi connectivity index (χ1n) is 9.18. The minimum Gasteiger partial charge on any atom is -0.493 e. The number of nitrogens with two attached hydrogens (primary N) is 1. The van der Waals surface area contributed by atoms with Gasteiger partial charge in [0.05, 0.1) is 7.11 Å². The fraction of sp³-hybridized carbons (Fsp3) is 0.250. The molecule has 0 saturated heterocycles. The summed E-state index contributed by atoms with van der Waals surface area (Å²) < 4.78 is 15.7. The average Bonchev–Trinajstić information content (AvgIpc) is 3.19. The molecule has 0 aliphatic rings. The van der Waals surface area contributed by atoms with E-state index >= 15 is 0 Å². The number of carbonyl (C=O) groups is 1. The summed E-state index contributed by atoms with van der Waals surface area (Å²) in [6.45, 7) is 1.95. The van der Waals surface area contributed by atoms with Crippen LogP contribution in [0.5, 0.6) is 11.5 Å². The Kier molecular flexibility index (Phi) is 9.39. The third-order valence-corrected chi connectivity index (χ3v) is 4.43. The standard InChI is InChI=1S/C20H22ClN5O4.ClH/c1-28-17-10-14(4-7-16(17)29-12-13-2-5-15(21)6-3-13)11-23-8-9-24-20(27)18-19(22)26-30-25-18;/h2-7,10,23H,8-9,11-12H2,1H3,(H2,22,26)(H,24,27);1H. The van der Waals surface area contributed by atoms with E-state index in [1.54, 1.807) is 7.11 Å². The fourth-order valence-electron chi connectivity index (χ4n) is 2.62. The number of anilines is 1. The molecule has 0 spiro atoms. The second-order valence-corrected chi connectivity index (χ2v) is 6.77. The summed E-state index contributed by atoms with van der Waals surface area (Å²) in [5.74, 6) is 0.832. The van der Waals surface area contributed by atoms with Gasteiger partial charge in [-0.1, -0.05) is 29.8 Å². The molecule has 4 N–H and O–H groups in total. The zero-order valence-electron chi connectivity index (χ0n) is 16.8. The summed E-state index contributed by atoms with van der Waals surface area (Å²) in [4.78, 5) is 11.8. The summed E-state index contributed by atoms with van der Waals surface area (Å²) in [6, 6.07) is 13.2. The SMILES string of the molecule is COc1cc(CNCCNC(=O)c2nonc2N)ccc1OCc1ccc(Cl)cc1.Cl. The second-order valence-electron chi connectivity index (χ2n) is 6.33. The second kappa shape index (κ2) is 12.0. The highest BCUT2D eigenvalue weighted by molar-refractivity contribution is 6.30. The number of hydrogen-bond donors (Lipinski definition) is 3. The molecular formula is C20H23Cl2N5O4. The van der Waals surface area contributed by atoms with Crippen molar-refractivity contribution in [2.45, 2.75) is 13.2 Å². The van der Waals surface area contributed by atoms with Crippen molar-refractivity contribution in [2.75, 3.05) is 25.9 Å². The molecule has 1 amide bonds. The van der Waals surface area contributed by atoms with Crippen molar-refractivity contribution in [3.63, 3.8) is 0 Å². The molecule has 0 fully saturated rings. The maximum atomic E-state index is 11.8. The molecule has 0 aliphatic heterocycles. The number of amides is 1. The monoisotopic (exact) mass is 467 g/mol. The number of rotatable bonds is 10. The Morgan fingerprint density at radius 3 is 2.52 bits per heavy atom. The first-order chi connectivity index (χ1) is 14.6. The molecule has 1 heterocycles. The van der Waals surface area contributed by atoms with E-state index in [1.807, 2.05) is 42.5 Å². The van der Waals surface area contributed by atoms with Gasteiger partial charge in [0.2, 0.25) is 11.5 Å². The third-order valence-electron chi connectivity index (χ3n) is 4.18. The number of nitrogens with zero attached hydrogens (tertiary/aromatic N) is 2. The summed E-state index contributed by atoms with van der Waals surface area (Å²) in [5, 5.41) is 13.4. The topological polar surface area (TPSA) is 125 Å². The Bertz CT molecular complexity index is 982. The molecule has 11 heteroatoms. The van der Waals surface area contributed by atoms with E-state index in [2.05, 4.69) is 25.6 Å². The van der Waals surface area contributed by atoms with Gasteiger partial charge >= 0.3 is 0 Å². The van der Waals surface area contributed by atoms with Crippen LogP contribution in [0.4, 0.5) is 5.82 Å². The lowest BCUT2D eigenvalue weighted by molar-refractivity contribution is 0.0944. The molecular weight excluding hydrogens is 445 g/mol. The lowest BCUT2D eigenvalue weighted by atomic mass is 10.2. The van der Waals surface area contributed by atoms with Crippen LogP contribution in [-0.4, -0.2) is 36.4 Å². The highest BCUT2D eigenvalue weighted by Gasteiger charge is 2.14. The van der Waals surface area contributed by atoms with Crippen molar-refractivity contribution >= 4 is 35.7 Å². The van der Waals surface area contributed by atoms with E-state index in [-0.39, 0.29) is 23.9 Å². The number of hydrogen-bond acceptors (Lipinski definition) is 8. The summed E-state index contributed by atoms with van der Waals surface area (Å²) in [6.07, 6.45) is 0. The molecule has 0 bridgehead atoms. The van der Waals surface area contributed by atoms with Crippen LogP contribution in [0.25, 0.3) is 0 Å². The molecule has 2 aromatic carbocycles. The number of halogens is 2. The van der Waals surface area contributed by atoms with Crippen molar-refractivity contribution in [2.24, 2.45) is 0 Å². The molecule has 0 saturated carbocycles. The zero-order valence-corrected chi connectivity index (χ0v) is 18.3. The number of ether oxygens (including phenoxy) is 2. The Morgan fingerprint density at radius 1 is 1.10 bits per heavy atom. The molecule has 0 unspecified atom stereocenters. The van der Waals surface area contributed by atoms with Crippen molar-refractivity contribution in [3.8, 4) is 11.5 Å². The van der Waals surface area contributed by atoms with Crippen molar-refractivity contribution in [3.05, 3.63) is 64.3 Å². The van der Waals surface area contributed by atoms with Gasteiger partial charge in [0.25, 0.3) is 5.91 Å². The maximum absolute atomic E-state index is 11.8. The number of nitrogens with one attached hydrogen (secondary N) is 2. The maximum Gasteiger partial charge on any atom is 0.277 e. The van der Waals surface area contributed by atoms with Gasteiger partial charge in [-0.05, 0) is 45.7 Å². The quantitative estimate of drug-likeness (QED) is 0.388. The minimum absolute atomic E-state index is 0. The van der Waals surface area contributed by atoms with Crippen LogP contribution >= 0.6 is 24.0 Å². The molecule has 166 valence electrons. The van der Waals surface area contributed by atoms with Gasteiger partial charge in [-0.15, -0.1) is 12.4 Å². The molecule has 0 radical (unpaired) electrons. The normalized spacial score (nSPS) is 10.3. The van der Waals surface area contributed by atoms with Gasteiger partial charge < -0.3 is 25.8 Å². The van der Waals surface area contributed by atoms with Crippen LogP contribution in [0, 0.1) is 0 Å². The number of carbonyl (C=O) groups excluding carboxylic acids is 1. The van der Waals surface area contributed by atoms with E-state index < -0.39 is 5.91 Å². The lowest BCUT2D eigenvalue weighted by Crippen LogP contribution is -2.32. The number of benzene rings is 2. The molecule has 3 aromatic rings. The average molecular weight is 468 g/mol. The molecule has 9 nitrogen and oxygen atoms in total. The molecule has 0 atom stereocenters. The molecule has 31 heavy (non-hydrogen) atoms. The van der Waals surface area contributed by atoms with Crippen molar-refractivity contribution in [1.29, 1.82) is 0 Å². The van der Waals surface area contributed by atoms with Crippen LogP contribution in [0.1, 0.15) is 21.6 Å². The van der Waals surface area contributed by atoms with Crippen LogP contribution in [0.15, 0.2) is 47.1 Å². The fourth-order valence-corrected chi connectivity index (χ4v) is 2.74. The highest BCUT2D eigenvalue weighted by atomic mass is 35.5. The van der Waals surface area contributed by atoms with E-state index in [9.17, 15) is 4.79 Å². The summed E-state index contributed by atoms with van der Waals surface area (Å²) in [7, 11) is 1.60. The van der Waals surface area contributed by atoms with Crippen LogP contribution in [0.3, 0.4) is 0 Å². The van der Waals surface area contributed by atoms with E-state index in [0.717, 1.165) is 11.1 Å². The van der Waals surface area contributed by atoms with E-state index in [0.29, 0.717) is 42.8 Å². The first-order valence-corrected chi connectivity index (χ1v) is 9.55. The molecule has 3 rings (SSSR count). The Morgan fingerprint density at radius 2 is 1.84 bits per heavy atom. The smallest absolute Gasteiger partial charge is 0.277 e. The summed E-state index contributed by atoms with van der Waals surface area (Å²) in [5.41, 5.74) is 7.48. The zero-order chi connectivity index (χ0) is 21.3. The van der Waals surface area contributed by atoms with Crippen molar-refractivity contribution < 1.29 is 18.9 Å². The first kappa shape index (κ1) is 24.3. The highest BCUT2D eigenvalue weighted by Crippen LogP contribution is 2.29. The largest absolute Gasteiger partial charge is 0.493 e. The van der Waals surface area contributed by atoms with Gasteiger partial charge in [0, 0.05) is 24.7 Å². The van der Waals surface area contributed by atoms with Gasteiger partial charge in [0.1, 0.15) is 6.61 Å². The molecule has 1 aromatic heterocycles.